The van der Waals surface area contributed by atoms with Crippen LogP contribution in [0.5, 0.6) is 5.75 Å². The van der Waals surface area contributed by atoms with Crippen LogP contribution in [-0.4, -0.2) is 32.5 Å². The van der Waals surface area contributed by atoms with Gasteiger partial charge in [-0.1, -0.05) is 38.1 Å². The molecule has 4 aromatic rings. The fourth-order valence-corrected chi connectivity index (χ4v) is 4.20. The zero-order chi connectivity index (χ0) is 21.5. The summed E-state index contributed by atoms with van der Waals surface area (Å²) in [5, 5.41) is 4.70. The van der Waals surface area contributed by atoms with Gasteiger partial charge in [-0.05, 0) is 53.6 Å². The fraction of sp³-hybridized carbons (Fsp3) is 0.280. The van der Waals surface area contributed by atoms with Crippen LogP contribution in [0.25, 0.3) is 17.2 Å². The molecule has 1 unspecified atom stereocenters. The van der Waals surface area contributed by atoms with Crippen molar-refractivity contribution < 1.29 is 9.53 Å². The average molecular weight is 412 g/mol. The molecule has 2 heterocycles. The largest absolute Gasteiger partial charge is 0.497 e. The van der Waals surface area contributed by atoms with Crippen LogP contribution in [0, 0.1) is 0 Å². The number of benzene rings is 2. The van der Waals surface area contributed by atoms with Gasteiger partial charge < -0.3 is 4.74 Å². The number of hydrogen-bond acceptors (Lipinski definition) is 5. The van der Waals surface area contributed by atoms with Crippen LogP contribution in [0.2, 0.25) is 0 Å². The van der Waals surface area contributed by atoms with Crippen LogP contribution in [0.1, 0.15) is 59.3 Å². The van der Waals surface area contributed by atoms with Gasteiger partial charge in [-0.2, -0.15) is 9.50 Å². The molecule has 5 rings (SSSR count). The van der Waals surface area contributed by atoms with E-state index in [-0.39, 0.29) is 11.7 Å². The highest BCUT2D eigenvalue weighted by molar-refractivity contribution is 5.98. The topological polar surface area (TPSA) is 69.4 Å². The van der Waals surface area contributed by atoms with Crippen molar-refractivity contribution in [3.8, 4) is 17.1 Å². The van der Waals surface area contributed by atoms with Crippen molar-refractivity contribution in [3.05, 3.63) is 77.1 Å². The standard InChI is InChI=1S/C25H24N4O2/c1-15(2)16-4-6-17(7-5-16)19-12-22-21(23(30)13-19)14-26-25-27-24(28-29(22)25)18-8-10-20(31-3)11-9-18/h4-11,14-15,19H,12-13H2,1-3H3. The summed E-state index contributed by atoms with van der Waals surface area (Å²) in [5.74, 6) is 2.59. The quantitative estimate of drug-likeness (QED) is 0.480. The zero-order valence-corrected chi connectivity index (χ0v) is 17.9. The molecule has 31 heavy (non-hydrogen) atoms. The molecule has 0 N–H and O–H groups in total. The number of ether oxygens (including phenoxy) is 1. The van der Waals surface area contributed by atoms with Gasteiger partial charge in [0.1, 0.15) is 5.75 Å². The molecule has 0 amide bonds. The van der Waals surface area contributed by atoms with Crippen molar-refractivity contribution in [2.45, 2.75) is 38.5 Å². The molecule has 6 nitrogen and oxygen atoms in total. The van der Waals surface area contributed by atoms with Crippen LogP contribution in [0.4, 0.5) is 0 Å². The lowest BCUT2D eigenvalue weighted by Gasteiger charge is -2.24. The lowest BCUT2D eigenvalue weighted by molar-refractivity contribution is 0.0962. The summed E-state index contributed by atoms with van der Waals surface area (Å²) >= 11 is 0. The molecule has 0 radical (unpaired) electrons. The molecule has 0 saturated carbocycles. The van der Waals surface area contributed by atoms with E-state index < -0.39 is 0 Å². The van der Waals surface area contributed by atoms with Crippen molar-refractivity contribution in [2.75, 3.05) is 7.11 Å². The first kappa shape index (κ1) is 19.4. The normalized spacial score (nSPS) is 16.0. The molecule has 0 fully saturated rings. The van der Waals surface area contributed by atoms with Gasteiger partial charge in [0.15, 0.2) is 11.6 Å². The third kappa shape index (κ3) is 3.48. The minimum absolute atomic E-state index is 0.107. The van der Waals surface area contributed by atoms with Crippen LogP contribution in [0.3, 0.4) is 0 Å². The number of Topliss-reactive ketones (excluding diaryl/α,β-unsaturated/α-hetero) is 1. The summed E-state index contributed by atoms with van der Waals surface area (Å²) in [6.07, 6.45) is 2.87. The maximum absolute atomic E-state index is 12.9. The van der Waals surface area contributed by atoms with Gasteiger partial charge >= 0.3 is 0 Å². The molecule has 2 aromatic carbocycles. The van der Waals surface area contributed by atoms with E-state index in [2.05, 4.69) is 48.1 Å². The second-order valence-electron chi connectivity index (χ2n) is 8.34. The predicted octanol–water partition coefficient (Wildman–Crippen LogP) is 4.84. The second kappa shape index (κ2) is 7.61. The molecule has 156 valence electrons. The Bertz CT molecular complexity index is 1260. The first-order valence-corrected chi connectivity index (χ1v) is 10.6. The van der Waals surface area contributed by atoms with Crippen molar-refractivity contribution in [1.29, 1.82) is 0 Å². The van der Waals surface area contributed by atoms with Crippen molar-refractivity contribution in [2.24, 2.45) is 0 Å². The van der Waals surface area contributed by atoms with Gasteiger partial charge in [0, 0.05) is 18.2 Å². The van der Waals surface area contributed by atoms with E-state index in [0.717, 1.165) is 23.4 Å². The van der Waals surface area contributed by atoms with Gasteiger partial charge in [-0.3, -0.25) is 4.79 Å². The number of methoxy groups -OCH3 is 1. The first-order chi connectivity index (χ1) is 15.0. The lowest BCUT2D eigenvalue weighted by Crippen LogP contribution is -2.22. The number of ketones is 1. The summed E-state index contributed by atoms with van der Waals surface area (Å²) < 4.78 is 6.97. The smallest absolute Gasteiger partial charge is 0.252 e. The van der Waals surface area contributed by atoms with Crippen molar-refractivity contribution in [1.82, 2.24) is 19.6 Å². The summed E-state index contributed by atoms with van der Waals surface area (Å²) in [7, 11) is 1.64. The minimum atomic E-state index is 0.107. The van der Waals surface area contributed by atoms with Gasteiger partial charge in [0.2, 0.25) is 0 Å². The Morgan fingerprint density at radius 2 is 1.77 bits per heavy atom. The zero-order valence-electron chi connectivity index (χ0n) is 17.9. The Hall–Kier alpha value is -3.54. The second-order valence-corrected chi connectivity index (χ2v) is 8.34. The molecule has 1 aliphatic rings. The maximum atomic E-state index is 12.9. The highest BCUT2D eigenvalue weighted by Crippen LogP contribution is 2.33. The number of nitrogens with zero attached hydrogens (tertiary/aromatic N) is 4. The Balaban J connectivity index is 1.53. The molecule has 0 bridgehead atoms. The van der Waals surface area contributed by atoms with Crippen LogP contribution in [-0.2, 0) is 6.42 Å². The molecule has 1 atom stereocenters. The molecular weight excluding hydrogens is 388 g/mol. The Morgan fingerprint density at radius 3 is 2.45 bits per heavy atom. The van der Waals surface area contributed by atoms with Crippen molar-refractivity contribution in [3.63, 3.8) is 0 Å². The lowest BCUT2D eigenvalue weighted by atomic mass is 9.81. The number of hydrogen-bond donors (Lipinski definition) is 0. The van der Waals surface area contributed by atoms with E-state index in [1.165, 1.54) is 11.1 Å². The van der Waals surface area contributed by atoms with Crippen LogP contribution < -0.4 is 4.74 Å². The van der Waals surface area contributed by atoms with Gasteiger partial charge in [-0.15, -0.1) is 5.10 Å². The molecule has 0 aliphatic heterocycles. The van der Waals surface area contributed by atoms with Gasteiger partial charge in [0.25, 0.3) is 5.78 Å². The maximum Gasteiger partial charge on any atom is 0.252 e. The third-order valence-electron chi connectivity index (χ3n) is 6.06. The molecule has 2 aromatic heterocycles. The van der Waals surface area contributed by atoms with E-state index in [9.17, 15) is 4.79 Å². The first-order valence-electron chi connectivity index (χ1n) is 10.6. The minimum Gasteiger partial charge on any atom is -0.497 e. The molecule has 0 spiro atoms. The average Bonchev–Trinajstić information content (AvgIpc) is 3.24. The third-order valence-corrected chi connectivity index (χ3v) is 6.06. The number of aromatic nitrogens is 4. The molecule has 1 aliphatic carbocycles. The van der Waals surface area contributed by atoms with Crippen molar-refractivity contribution >= 4 is 11.6 Å². The monoisotopic (exact) mass is 412 g/mol. The Kier molecular flexibility index (Phi) is 4.77. The molecule has 0 saturated heterocycles. The SMILES string of the molecule is COc1ccc(-c2nc3ncc4c(n3n2)CC(c2ccc(C(C)C)cc2)CC4=O)cc1. The summed E-state index contributed by atoms with van der Waals surface area (Å²) in [4.78, 5) is 21.9. The summed E-state index contributed by atoms with van der Waals surface area (Å²) in [5.41, 5.74) is 4.89. The molecular formula is C25H24N4O2. The van der Waals surface area contributed by atoms with Crippen LogP contribution >= 0.6 is 0 Å². The van der Waals surface area contributed by atoms with E-state index in [0.29, 0.717) is 29.5 Å². The number of carbonyl (C=O) groups excluding carboxylic acids is 1. The van der Waals surface area contributed by atoms with E-state index in [1.807, 2.05) is 24.3 Å². The van der Waals surface area contributed by atoms with E-state index in [1.54, 1.807) is 17.8 Å². The number of rotatable bonds is 4. The predicted molar refractivity (Wildman–Crippen MR) is 119 cm³/mol. The Morgan fingerprint density at radius 1 is 1.03 bits per heavy atom. The van der Waals surface area contributed by atoms with E-state index >= 15 is 0 Å². The fourth-order valence-electron chi connectivity index (χ4n) is 4.20. The van der Waals surface area contributed by atoms with Gasteiger partial charge in [0.05, 0.1) is 18.4 Å². The highest BCUT2D eigenvalue weighted by atomic mass is 16.5. The van der Waals surface area contributed by atoms with Crippen LogP contribution in [0.15, 0.2) is 54.7 Å². The Labute approximate surface area is 180 Å². The van der Waals surface area contributed by atoms with Gasteiger partial charge in [-0.25, -0.2) is 4.98 Å². The summed E-state index contributed by atoms with van der Waals surface area (Å²) in [6.45, 7) is 4.37. The molecule has 6 heteroatoms. The number of fused-ring (bicyclic) bond motifs is 3. The number of carbonyl (C=O) groups is 1. The summed E-state index contributed by atoms with van der Waals surface area (Å²) in [6, 6.07) is 16.2. The highest BCUT2D eigenvalue weighted by Gasteiger charge is 2.29. The van der Waals surface area contributed by atoms with E-state index in [4.69, 9.17) is 9.84 Å².